The van der Waals surface area contributed by atoms with Crippen molar-refractivity contribution in [2.45, 2.75) is 33.4 Å². The maximum atomic E-state index is 11.1. The average Bonchev–Trinajstić information content (AvgIpc) is 2.61. The Hall–Kier alpha value is -1.65. The molecule has 1 heterocycles. The molecule has 1 N–H and O–H groups in total. The van der Waals surface area contributed by atoms with Gasteiger partial charge in [0.15, 0.2) is 0 Å². The highest BCUT2D eigenvalue weighted by Crippen LogP contribution is 1.97. The lowest BCUT2D eigenvalue weighted by molar-refractivity contribution is -0.127. The summed E-state index contributed by atoms with van der Waals surface area (Å²) in [7, 11) is 0. The number of hydrogen-bond acceptors (Lipinski definition) is 3. The van der Waals surface area contributed by atoms with Gasteiger partial charge in [0.05, 0.1) is 12.6 Å². The minimum absolute atomic E-state index is 0.0537. The fraction of sp³-hybridized carbons (Fsp3) is 0.500. The van der Waals surface area contributed by atoms with E-state index in [-0.39, 0.29) is 18.1 Å². The summed E-state index contributed by atoms with van der Waals surface area (Å²) in [5.41, 5.74) is 0.939. The molecule has 15 heavy (non-hydrogen) atoms. The first-order valence-corrected chi connectivity index (χ1v) is 4.89. The van der Waals surface area contributed by atoms with Crippen LogP contribution in [-0.4, -0.2) is 21.5 Å². The monoisotopic (exact) mass is 209 g/mol. The molecule has 0 saturated heterocycles. The molecule has 0 bridgehead atoms. The maximum Gasteiger partial charge on any atom is 0.227 e. The van der Waals surface area contributed by atoms with E-state index in [0.717, 1.165) is 12.1 Å². The summed E-state index contributed by atoms with van der Waals surface area (Å²) in [6.07, 6.45) is 3.52. The Morgan fingerprint density at radius 3 is 2.80 bits per heavy atom. The fourth-order valence-corrected chi connectivity index (χ4v) is 1.16. The highest BCUT2D eigenvalue weighted by atomic mass is 16.2. The first kappa shape index (κ1) is 11.4. The lowest BCUT2D eigenvalue weighted by atomic mass is 10.3. The third-order valence-electron chi connectivity index (χ3n) is 1.91. The highest BCUT2D eigenvalue weighted by molar-refractivity contribution is 5.96. The molecule has 0 atom stereocenters. The zero-order valence-corrected chi connectivity index (χ0v) is 8.99. The van der Waals surface area contributed by atoms with Crippen LogP contribution in [0.1, 0.15) is 25.8 Å². The molecule has 0 spiro atoms. The standard InChI is InChI=1S/C10H15N3O2/c1-3-13-7-9(6-12-13)5-11-10(15)4-8(2)14/h6-7H,3-5H2,1-2H3,(H,11,15). The van der Waals surface area contributed by atoms with Gasteiger partial charge in [-0.3, -0.25) is 14.3 Å². The molecular formula is C10H15N3O2. The number of carbonyl (C=O) groups excluding carboxylic acids is 2. The second kappa shape index (κ2) is 5.29. The van der Waals surface area contributed by atoms with Crippen LogP contribution >= 0.6 is 0 Å². The number of nitrogens with zero attached hydrogens (tertiary/aromatic N) is 2. The Balaban J connectivity index is 2.36. The Bertz CT molecular complexity index is 357. The smallest absolute Gasteiger partial charge is 0.227 e. The lowest BCUT2D eigenvalue weighted by Crippen LogP contribution is -2.24. The topological polar surface area (TPSA) is 64.0 Å². The highest BCUT2D eigenvalue weighted by Gasteiger charge is 2.05. The summed E-state index contributed by atoms with van der Waals surface area (Å²) in [5, 5.41) is 6.73. The van der Waals surface area contributed by atoms with Gasteiger partial charge in [0, 0.05) is 24.8 Å². The summed E-state index contributed by atoms with van der Waals surface area (Å²) in [5.74, 6) is -0.372. The van der Waals surface area contributed by atoms with Gasteiger partial charge in [0.25, 0.3) is 0 Å². The molecule has 0 aliphatic carbocycles. The van der Waals surface area contributed by atoms with Crippen LogP contribution in [0.5, 0.6) is 0 Å². The van der Waals surface area contributed by atoms with Crippen molar-refractivity contribution in [1.29, 1.82) is 0 Å². The Kier molecular flexibility index (Phi) is 4.03. The Morgan fingerprint density at radius 1 is 1.53 bits per heavy atom. The second-order valence-electron chi connectivity index (χ2n) is 3.36. The second-order valence-corrected chi connectivity index (χ2v) is 3.36. The molecule has 1 rings (SSSR count). The third-order valence-corrected chi connectivity index (χ3v) is 1.91. The molecule has 0 saturated carbocycles. The van der Waals surface area contributed by atoms with Crippen molar-refractivity contribution >= 4 is 11.7 Å². The first-order chi connectivity index (χ1) is 7.11. The van der Waals surface area contributed by atoms with E-state index in [1.807, 2.05) is 13.1 Å². The maximum absolute atomic E-state index is 11.1. The van der Waals surface area contributed by atoms with Gasteiger partial charge in [-0.1, -0.05) is 0 Å². The number of Topliss-reactive ketones (excluding diaryl/α,β-unsaturated/α-hetero) is 1. The van der Waals surface area contributed by atoms with Gasteiger partial charge >= 0.3 is 0 Å². The number of aromatic nitrogens is 2. The van der Waals surface area contributed by atoms with Gasteiger partial charge < -0.3 is 5.32 Å². The van der Waals surface area contributed by atoms with Crippen molar-refractivity contribution in [2.75, 3.05) is 0 Å². The van der Waals surface area contributed by atoms with Gasteiger partial charge in [-0.15, -0.1) is 0 Å². The van der Waals surface area contributed by atoms with Crippen LogP contribution in [0, 0.1) is 0 Å². The molecule has 0 aliphatic heterocycles. The molecule has 0 unspecified atom stereocenters. The van der Waals surface area contributed by atoms with Crippen LogP contribution in [0.3, 0.4) is 0 Å². The van der Waals surface area contributed by atoms with Crippen molar-refractivity contribution in [1.82, 2.24) is 15.1 Å². The molecule has 82 valence electrons. The minimum atomic E-state index is -0.244. The van der Waals surface area contributed by atoms with E-state index >= 15 is 0 Å². The number of rotatable bonds is 5. The number of hydrogen-bond donors (Lipinski definition) is 1. The zero-order valence-electron chi connectivity index (χ0n) is 8.99. The van der Waals surface area contributed by atoms with Crippen LogP contribution in [0.25, 0.3) is 0 Å². The van der Waals surface area contributed by atoms with Crippen molar-refractivity contribution in [2.24, 2.45) is 0 Å². The van der Waals surface area contributed by atoms with Gasteiger partial charge in [0.1, 0.15) is 5.78 Å². The summed E-state index contributed by atoms with van der Waals surface area (Å²) in [6.45, 7) is 4.62. The van der Waals surface area contributed by atoms with E-state index < -0.39 is 0 Å². The largest absolute Gasteiger partial charge is 0.352 e. The van der Waals surface area contributed by atoms with E-state index in [0.29, 0.717) is 6.54 Å². The van der Waals surface area contributed by atoms with E-state index in [1.165, 1.54) is 6.92 Å². The Morgan fingerprint density at radius 2 is 2.27 bits per heavy atom. The number of nitrogens with one attached hydrogen (secondary N) is 1. The molecule has 5 heteroatoms. The molecule has 1 amide bonds. The predicted octanol–water partition coefficient (Wildman–Crippen LogP) is 0.498. The third kappa shape index (κ3) is 3.93. The van der Waals surface area contributed by atoms with Gasteiger partial charge in [-0.25, -0.2) is 0 Å². The summed E-state index contributed by atoms with van der Waals surface area (Å²) >= 11 is 0. The van der Waals surface area contributed by atoms with Crippen LogP contribution in [0.4, 0.5) is 0 Å². The summed E-state index contributed by atoms with van der Waals surface area (Å²) in [4.78, 5) is 21.8. The van der Waals surface area contributed by atoms with Crippen molar-refractivity contribution in [3.05, 3.63) is 18.0 Å². The van der Waals surface area contributed by atoms with E-state index in [9.17, 15) is 9.59 Å². The molecule has 0 fully saturated rings. The van der Waals surface area contributed by atoms with Crippen LogP contribution in [0.15, 0.2) is 12.4 Å². The van der Waals surface area contributed by atoms with E-state index in [4.69, 9.17) is 0 Å². The van der Waals surface area contributed by atoms with Crippen molar-refractivity contribution in [3.8, 4) is 0 Å². The Labute approximate surface area is 88.5 Å². The predicted molar refractivity (Wildman–Crippen MR) is 55.0 cm³/mol. The van der Waals surface area contributed by atoms with Crippen LogP contribution in [0.2, 0.25) is 0 Å². The number of amides is 1. The SMILES string of the molecule is CCn1cc(CNC(=O)CC(C)=O)cn1. The quantitative estimate of drug-likeness (QED) is 0.718. The fourth-order valence-electron chi connectivity index (χ4n) is 1.16. The number of aryl methyl sites for hydroxylation is 1. The molecule has 1 aromatic heterocycles. The zero-order chi connectivity index (χ0) is 11.3. The average molecular weight is 209 g/mol. The normalized spacial score (nSPS) is 10.0. The first-order valence-electron chi connectivity index (χ1n) is 4.89. The van der Waals surface area contributed by atoms with Gasteiger partial charge in [0.2, 0.25) is 5.91 Å². The summed E-state index contributed by atoms with van der Waals surface area (Å²) in [6, 6.07) is 0. The lowest BCUT2D eigenvalue weighted by Gasteiger charge is -2.00. The van der Waals surface area contributed by atoms with Gasteiger partial charge in [-0.2, -0.15) is 5.10 Å². The minimum Gasteiger partial charge on any atom is -0.352 e. The number of carbonyl (C=O) groups is 2. The molecule has 0 aromatic carbocycles. The van der Waals surface area contributed by atoms with Crippen molar-refractivity contribution < 1.29 is 9.59 Å². The van der Waals surface area contributed by atoms with Crippen molar-refractivity contribution in [3.63, 3.8) is 0 Å². The summed E-state index contributed by atoms with van der Waals surface area (Å²) < 4.78 is 1.78. The van der Waals surface area contributed by atoms with Crippen LogP contribution < -0.4 is 5.32 Å². The van der Waals surface area contributed by atoms with Crippen LogP contribution in [-0.2, 0) is 22.7 Å². The molecule has 5 nitrogen and oxygen atoms in total. The van der Waals surface area contributed by atoms with E-state index in [1.54, 1.807) is 10.9 Å². The van der Waals surface area contributed by atoms with E-state index in [2.05, 4.69) is 10.4 Å². The molecular weight excluding hydrogens is 194 g/mol. The molecule has 0 radical (unpaired) electrons. The number of ketones is 1. The molecule has 1 aromatic rings. The van der Waals surface area contributed by atoms with Gasteiger partial charge in [-0.05, 0) is 13.8 Å². The molecule has 0 aliphatic rings.